The Morgan fingerprint density at radius 3 is 2.95 bits per heavy atom. The minimum absolute atomic E-state index is 0.00544. The average Bonchev–Trinajstić information content (AvgIpc) is 2.87. The minimum Gasteiger partial charge on any atom is -0.394 e. The highest BCUT2D eigenvalue weighted by Crippen LogP contribution is 2.22. The lowest BCUT2D eigenvalue weighted by Crippen LogP contribution is -2.36. The molecule has 0 fully saturated rings. The van der Waals surface area contributed by atoms with Crippen molar-refractivity contribution in [3.63, 3.8) is 0 Å². The Hall–Kier alpha value is -1.81. The van der Waals surface area contributed by atoms with Crippen molar-refractivity contribution in [2.45, 2.75) is 39.2 Å². The number of para-hydroxylation sites is 1. The topological polar surface area (TPSA) is 65.1 Å². The molecule has 0 aliphatic rings. The Morgan fingerprint density at radius 1 is 1.45 bits per heavy atom. The molecule has 0 aliphatic carbocycles. The number of aromatic amines is 1. The van der Waals surface area contributed by atoms with Gasteiger partial charge in [-0.05, 0) is 30.9 Å². The summed E-state index contributed by atoms with van der Waals surface area (Å²) < 4.78 is 0. The van der Waals surface area contributed by atoms with Crippen molar-refractivity contribution in [3.8, 4) is 0 Å². The number of hydrogen-bond donors (Lipinski definition) is 3. The molecule has 1 heterocycles. The van der Waals surface area contributed by atoms with Gasteiger partial charge in [0.15, 0.2) is 0 Å². The minimum atomic E-state index is -0.132. The van der Waals surface area contributed by atoms with Crippen molar-refractivity contribution in [1.82, 2.24) is 10.3 Å². The van der Waals surface area contributed by atoms with E-state index < -0.39 is 0 Å². The van der Waals surface area contributed by atoms with Gasteiger partial charge in [-0.2, -0.15) is 0 Å². The van der Waals surface area contributed by atoms with Crippen molar-refractivity contribution in [2.75, 3.05) is 6.61 Å². The highest BCUT2D eigenvalue weighted by Gasteiger charge is 2.11. The number of rotatable bonds is 6. The second-order valence-corrected chi connectivity index (χ2v) is 5.17. The van der Waals surface area contributed by atoms with Gasteiger partial charge in [-0.3, -0.25) is 4.79 Å². The number of hydrogen-bond acceptors (Lipinski definition) is 2. The van der Waals surface area contributed by atoms with Gasteiger partial charge in [0, 0.05) is 23.5 Å². The Kier molecular flexibility index (Phi) is 4.79. The van der Waals surface area contributed by atoms with Gasteiger partial charge in [0.05, 0.1) is 12.6 Å². The van der Waals surface area contributed by atoms with Crippen molar-refractivity contribution in [3.05, 3.63) is 35.5 Å². The third-order valence-electron chi connectivity index (χ3n) is 3.71. The Bertz CT molecular complexity index is 585. The quantitative estimate of drug-likeness (QED) is 0.756. The lowest BCUT2D eigenvalue weighted by Gasteiger charge is -2.13. The molecule has 1 amide bonds. The maximum Gasteiger partial charge on any atom is 0.220 e. The van der Waals surface area contributed by atoms with Crippen molar-refractivity contribution in [2.24, 2.45) is 0 Å². The third-order valence-corrected chi connectivity index (χ3v) is 3.71. The molecule has 0 bridgehead atoms. The molecule has 0 saturated carbocycles. The molecular weight excluding hydrogens is 252 g/mol. The molecule has 0 spiro atoms. The number of aromatic nitrogens is 1. The predicted octanol–water partition coefficient (Wildman–Crippen LogP) is 2.30. The van der Waals surface area contributed by atoms with E-state index in [-0.39, 0.29) is 18.6 Å². The van der Waals surface area contributed by atoms with Crippen molar-refractivity contribution in [1.29, 1.82) is 0 Å². The van der Waals surface area contributed by atoms with Gasteiger partial charge in [-0.15, -0.1) is 0 Å². The van der Waals surface area contributed by atoms with Gasteiger partial charge in [-0.25, -0.2) is 0 Å². The first kappa shape index (κ1) is 14.6. The first-order chi connectivity index (χ1) is 9.65. The molecule has 3 N–H and O–H groups in total. The standard InChI is InChI=1S/C16H22N2O2/c1-3-13(10-19)18-15(20)8-7-12-9-17-16-11(2)5-4-6-14(12)16/h4-6,9,13,17,19H,3,7-8,10H2,1-2H3,(H,18,20). The fourth-order valence-electron chi connectivity index (χ4n) is 2.40. The summed E-state index contributed by atoms with van der Waals surface area (Å²) in [5.41, 5.74) is 3.52. The van der Waals surface area contributed by atoms with Crippen LogP contribution in [0.5, 0.6) is 0 Å². The molecule has 4 heteroatoms. The van der Waals surface area contributed by atoms with Crippen LogP contribution in [0.1, 0.15) is 30.9 Å². The van der Waals surface area contributed by atoms with Crippen LogP contribution in [-0.2, 0) is 11.2 Å². The first-order valence-corrected chi connectivity index (χ1v) is 7.11. The number of benzene rings is 1. The van der Waals surface area contributed by atoms with Gasteiger partial charge >= 0.3 is 0 Å². The van der Waals surface area contributed by atoms with Crippen LogP contribution in [-0.4, -0.2) is 28.6 Å². The van der Waals surface area contributed by atoms with E-state index in [0.29, 0.717) is 12.8 Å². The van der Waals surface area contributed by atoms with Crippen LogP contribution in [0.15, 0.2) is 24.4 Å². The summed E-state index contributed by atoms with van der Waals surface area (Å²) in [5, 5.41) is 13.1. The number of nitrogens with one attached hydrogen (secondary N) is 2. The highest BCUT2D eigenvalue weighted by molar-refractivity contribution is 5.86. The summed E-state index contributed by atoms with van der Waals surface area (Å²) in [4.78, 5) is 15.1. The summed E-state index contributed by atoms with van der Waals surface area (Å²) in [7, 11) is 0. The maximum absolute atomic E-state index is 11.8. The van der Waals surface area contributed by atoms with E-state index >= 15 is 0 Å². The number of aryl methyl sites for hydroxylation is 2. The largest absolute Gasteiger partial charge is 0.394 e. The maximum atomic E-state index is 11.8. The first-order valence-electron chi connectivity index (χ1n) is 7.11. The van der Waals surface area contributed by atoms with Gasteiger partial charge in [0.1, 0.15) is 0 Å². The zero-order valence-corrected chi connectivity index (χ0v) is 12.1. The molecule has 2 rings (SSSR count). The van der Waals surface area contributed by atoms with E-state index in [1.165, 1.54) is 10.9 Å². The van der Waals surface area contributed by atoms with Crippen LogP contribution in [0.4, 0.5) is 0 Å². The molecule has 20 heavy (non-hydrogen) atoms. The van der Waals surface area contributed by atoms with Gasteiger partial charge in [0.25, 0.3) is 0 Å². The van der Waals surface area contributed by atoms with E-state index in [0.717, 1.165) is 17.5 Å². The van der Waals surface area contributed by atoms with Crippen LogP contribution in [0.25, 0.3) is 10.9 Å². The second kappa shape index (κ2) is 6.57. The van der Waals surface area contributed by atoms with Crippen LogP contribution in [0, 0.1) is 6.92 Å². The molecule has 1 aromatic carbocycles. The molecule has 0 aliphatic heterocycles. The SMILES string of the molecule is CCC(CO)NC(=O)CCc1c[nH]c2c(C)cccc12. The van der Waals surface area contributed by atoms with E-state index in [1.54, 1.807) is 0 Å². The van der Waals surface area contributed by atoms with E-state index in [1.807, 2.05) is 19.2 Å². The number of aliphatic hydroxyl groups excluding tert-OH is 1. The molecular formula is C16H22N2O2. The summed E-state index contributed by atoms with van der Waals surface area (Å²) >= 11 is 0. The second-order valence-electron chi connectivity index (χ2n) is 5.17. The Labute approximate surface area is 119 Å². The Balaban J connectivity index is 1.99. The van der Waals surface area contributed by atoms with E-state index in [4.69, 9.17) is 5.11 Å². The van der Waals surface area contributed by atoms with Gasteiger partial charge in [-0.1, -0.05) is 25.1 Å². The van der Waals surface area contributed by atoms with Crippen molar-refractivity contribution < 1.29 is 9.90 Å². The van der Waals surface area contributed by atoms with Gasteiger partial charge < -0.3 is 15.4 Å². The number of carbonyl (C=O) groups is 1. The smallest absolute Gasteiger partial charge is 0.220 e. The molecule has 4 nitrogen and oxygen atoms in total. The highest BCUT2D eigenvalue weighted by atomic mass is 16.3. The zero-order valence-electron chi connectivity index (χ0n) is 12.1. The van der Waals surface area contributed by atoms with Crippen LogP contribution >= 0.6 is 0 Å². The average molecular weight is 274 g/mol. The number of carbonyl (C=O) groups excluding carboxylic acids is 1. The lowest BCUT2D eigenvalue weighted by atomic mass is 10.1. The monoisotopic (exact) mass is 274 g/mol. The van der Waals surface area contributed by atoms with Crippen LogP contribution in [0.2, 0.25) is 0 Å². The zero-order chi connectivity index (χ0) is 14.5. The fourth-order valence-corrected chi connectivity index (χ4v) is 2.40. The normalized spacial score (nSPS) is 12.6. The van der Waals surface area contributed by atoms with Crippen molar-refractivity contribution >= 4 is 16.8 Å². The molecule has 1 aromatic heterocycles. The number of fused-ring (bicyclic) bond motifs is 1. The predicted molar refractivity (Wildman–Crippen MR) is 80.7 cm³/mol. The van der Waals surface area contributed by atoms with E-state index in [2.05, 4.69) is 29.4 Å². The molecule has 2 aromatic rings. The molecule has 0 saturated heterocycles. The lowest BCUT2D eigenvalue weighted by molar-refractivity contribution is -0.122. The number of amides is 1. The molecule has 0 radical (unpaired) electrons. The molecule has 108 valence electrons. The summed E-state index contributed by atoms with van der Waals surface area (Å²) in [6, 6.07) is 6.05. The summed E-state index contributed by atoms with van der Waals surface area (Å²) in [6.07, 6.45) is 3.87. The van der Waals surface area contributed by atoms with E-state index in [9.17, 15) is 4.79 Å². The number of aliphatic hydroxyl groups is 1. The Morgan fingerprint density at radius 2 is 2.25 bits per heavy atom. The molecule has 1 atom stereocenters. The summed E-state index contributed by atoms with van der Waals surface area (Å²) in [6.45, 7) is 4.01. The fraction of sp³-hybridized carbons (Fsp3) is 0.438. The molecule has 1 unspecified atom stereocenters. The summed E-state index contributed by atoms with van der Waals surface area (Å²) in [5.74, 6) is -0.00657. The number of H-pyrrole nitrogens is 1. The van der Waals surface area contributed by atoms with Gasteiger partial charge in [0.2, 0.25) is 5.91 Å². The third kappa shape index (κ3) is 3.20. The van der Waals surface area contributed by atoms with Crippen LogP contribution in [0.3, 0.4) is 0 Å². The van der Waals surface area contributed by atoms with Crippen LogP contribution < -0.4 is 5.32 Å².